The van der Waals surface area contributed by atoms with Crippen molar-refractivity contribution in [3.05, 3.63) is 23.9 Å². The standard InChI is InChI=1S/C12H12N4O/c1-12(2,6-13)14-11(17)8-3-4-10-9(8)5-15-7-16(10)15/h3-5H,7H2,1-2H3,(H,14,17). The number of hydrogen-bond donors (Lipinski definition) is 1. The second-order valence-electron chi connectivity index (χ2n) is 4.85. The molecule has 0 atom stereocenters. The molecule has 0 aromatic rings. The van der Waals surface area contributed by atoms with Gasteiger partial charge in [0.05, 0.1) is 17.3 Å². The highest BCUT2D eigenvalue weighted by Gasteiger charge is 2.29. The van der Waals surface area contributed by atoms with Crippen molar-refractivity contribution in [1.29, 1.82) is 5.26 Å². The van der Waals surface area contributed by atoms with Gasteiger partial charge in [-0.25, -0.2) is 0 Å². The Kier molecular flexibility index (Phi) is 1.71. The van der Waals surface area contributed by atoms with Crippen molar-refractivity contribution >= 4 is 5.91 Å². The Morgan fingerprint density at radius 2 is 2.29 bits per heavy atom. The number of nitrogens with one attached hydrogen (secondary N) is 1. The van der Waals surface area contributed by atoms with Gasteiger partial charge in [0.25, 0.3) is 5.91 Å². The van der Waals surface area contributed by atoms with E-state index in [9.17, 15) is 4.79 Å². The quantitative estimate of drug-likeness (QED) is 0.717. The molecule has 0 bridgehead atoms. The Balaban J connectivity index is 1.91. The topological polar surface area (TPSA) is 62.8 Å². The lowest BCUT2D eigenvalue weighted by Crippen LogP contribution is -2.42. The van der Waals surface area contributed by atoms with Crippen LogP contribution in [0.1, 0.15) is 24.2 Å². The van der Waals surface area contributed by atoms with Crippen molar-refractivity contribution in [3.8, 4) is 17.3 Å². The van der Waals surface area contributed by atoms with Crippen molar-refractivity contribution in [1.82, 2.24) is 14.7 Å². The maximum atomic E-state index is 12.0. The van der Waals surface area contributed by atoms with Gasteiger partial charge in [-0.3, -0.25) is 14.2 Å². The van der Waals surface area contributed by atoms with Crippen molar-refractivity contribution in [2.75, 3.05) is 0 Å². The van der Waals surface area contributed by atoms with Gasteiger partial charge in [0.2, 0.25) is 0 Å². The van der Waals surface area contributed by atoms with E-state index < -0.39 is 5.54 Å². The number of carbonyl (C=O) groups excluding carboxylic acids is 1. The molecule has 86 valence electrons. The van der Waals surface area contributed by atoms with E-state index in [0.717, 1.165) is 17.9 Å². The Labute approximate surface area is 98.6 Å². The third-order valence-electron chi connectivity index (χ3n) is 2.98. The first-order chi connectivity index (χ1) is 8.02. The van der Waals surface area contributed by atoms with Gasteiger partial charge in [-0.1, -0.05) is 0 Å². The van der Waals surface area contributed by atoms with Crippen LogP contribution in [0.15, 0.2) is 18.3 Å². The lowest BCUT2D eigenvalue weighted by molar-refractivity contribution is 0.0930. The molecule has 0 radical (unpaired) electrons. The van der Waals surface area contributed by atoms with E-state index in [0.29, 0.717) is 5.56 Å². The average molecular weight is 228 g/mol. The summed E-state index contributed by atoms with van der Waals surface area (Å²) in [5.74, 6) is -0.197. The van der Waals surface area contributed by atoms with Crippen LogP contribution in [0.3, 0.4) is 0 Å². The minimum Gasteiger partial charge on any atom is -0.334 e. The molecule has 3 rings (SSSR count). The van der Waals surface area contributed by atoms with Crippen LogP contribution < -0.4 is 5.32 Å². The number of amides is 1. The summed E-state index contributed by atoms with van der Waals surface area (Å²) in [6.45, 7) is 4.27. The predicted molar refractivity (Wildman–Crippen MR) is 61.6 cm³/mol. The Bertz CT molecular complexity index is 626. The third kappa shape index (κ3) is 1.41. The van der Waals surface area contributed by atoms with Gasteiger partial charge < -0.3 is 5.32 Å². The summed E-state index contributed by atoms with van der Waals surface area (Å²) in [6.07, 6.45) is 1.96. The fourth-order valence-corrected chi connectivity index (χ4v) is 2.00. The number of hydrogen-bond acceptors (Lipinski definition) is 2. The summed E-state index contributed by atoms with van der Waals surface area (Å²) in [4.78, 5) is 12.0. The molecule has 1 N–H and O–H groups in total. The molecule has 0 fully saturated rings. The second-order valence-corrected chi connectivity index (χ2v) is 4.85. The van der Waals surface area contributed by atoms with E-state index >= 15 is 0 Å². The molecule has 5 nitrogen and oxygen atoms in total. The fourth-order valence-electron chi connectivity index (χ4n) is 2.00. The number of aromatic nitrogens is 2. The lowest BCUT2D eigenvalue weighted by Gasteiger charge is -2.17. The van der Waals surface area contributed by atoms with Gasteiger partial charge in [0, 0.05) is 11.8 Å². The van der Waals surface area contributed by atoms with Crippen LogP contribution in [0.2, 0.25) is 0 Å². The van der Waals surface area contributed by atoms with Crippen molar-refractivity contribution < 1.29 is 4.79 Å². The van der Waals surface area contributed by atoms with Crippen LogP contribution in [0.25, 0.3) is 11.3 Å². The van der Waals surface area contributed by atoms with Crippen molar-refractivity contribution in [3.63, 3.8) is 0 Å². The first-order valence-electron chi connectivity index (χ1n) is 5.44. The number of carbonyl (C=O) groups is 1. The zero-order valence-electron chi connectivity index (χ0n) is 9.69. The molecular weight excluding hydrogens is 216 g/mol. The largest absolute Gasteiger partial charge is 0.334 e. The van der Waals surface area contributed by atoms with Crippen molar-refractivity contribution in [2.45, 2.75) is 26.1 Å². The minimum absolute atomic E-state index is 0.197. The molecule has 17 heavy (non-hydrogen) atoms. The molecule has 0 unspecified atom stereocenters. The molecule has 2 heterocycles. The maximum absolute atomic E-state index is 12.0. The Morgan fingerprint density at radius 1 is 1.53 bits per heavy atom. The van der Waals surface area contributed by atoms with Gasteiger partial charge in [0.1, 0.15) is 12.2 Å². The third-order valence-corrected chi connectivity index (χ3v) is 2.98. The molecule has 5 heteroatoms. The number of nitriles is 1. The highest BCUT2D eigenvalue weighted by molar-refractivity contribution is 6.02. The smallest absolute Gasteiger partial charge is 0.253 e. The van der Waals surface area contributed by atoms with E-state index in [4.69, 9.17) is 5.26 Å². The van der Waals surface area contributed by atoms with Gasteiger partial charge in [-0.2, -0.15) is 5.26 Å². The van der Waals surface area contributed by atoms with E-state index in [1.165, 1.54) is 0 Å². The highest BCUT2D eigenvalue weighted by Crippen LogP contribution is 2.34. The summed E-state index contributed by atoms with van der Waals surface area (Å²) in [7, 11) is 0. The lowest BCUT2D eigenvalue weighted by atomic mass is 10.1. The van der Waals surface area contributed by atoms with Gasteiger partial charge in [-0.15, -0.1) is 0 Å². The number of nitrogens with zero attached hydrogens (tertiary/aromatic N) is 3. The number of fused-ring (bicyclic) bond motifs is 3. The van der Waals surface area contributed by atoms with E-state index in [1.807, 2.05) is 16.9 Å². The average Bonchev–Trinajstić information content (AvgIpc) is 2.75. The molecule has 0 spiro atoms. The monoisotopic (exact) mass is 228 g/mol. The summed E-state index contributed by atoms with van der Waals surface area (Å²) in [5, 5.41) is 11.6. The van der Waals surface area contributed by atoms with E-state index in [2.05, 4.69) is 16.1 Å². The Hall–Kier alpha value is -2.22. The summed E-state index contributed by atoms with van der Waals surface area (Å²) in [6, 6.07) is 5.80. The Morgan fingerprint density at radius 3 is 3.00 bits per heavy atom. The molecule has 1 aliphatic carbocycles. The first-order valence-corrected chi connectivity index (χ1v) is 5.44. The highest BCUT2D eigenvalue weighted by atomic mass is 16.1. The predicted octanol–water partition coefficient (Wildman–Crippen LogP) is 1.25. The zero-order chi connectivity index (χ0) is 12.2. The SMILES string of the molecule is CC(C)(C#N)NC(=O)c1ccc2n3n(cc1-2)C3. The van der Waals surface area contributed by atoms with Crippen LogP contribution >= 0.6 is 0 Å². The molecule has 2 aliphatic heterocycles. The van der Waals surface area contributed by atoms with Crippen LogP contribution in [-0.2, 0) is 6.67 Å². The van der Waals surface area contributed by atoms with E-state index in [1.54, 1.807) is 19.9 Å². The van der Waals surface area contributed by atoms with Crippen LogP contribution in [0.4, 0.5) is 0 Å². The molecular formula is C12H12N4O. The second kappa shape index (κ2) is 2.92. The molecule has 0 saturated heterocycles. The summed E-state index contributed by atoms with van der Waals surface area (Å²) < 4.78 is 4.12. The first kappa shape index (κ1) is 9.97. The minimum atomic E-state index is -0.844. The van der Waals surface area contributed by atoms with Crippen LogP contribution in [0, 0.1) is 11.3 Å². The van der Waals surface area contributed by atoms with E-state index in [-0.39, 0.29) is 5.91 Å². The molecule has 3 aliphatic rings. The van der Waals surface area contributed by atoms with Crippen LogP contribution in [-0.4, -0.2) is 20.8 Å². The molecule has 1 amide bonds. The van der Waals surface area contributed by atoms with Gasteiger partial charge in [-0.05, 0) is 26.0 Å². The van der Waals surface area contributed by atoms with Gasteiger partial charge >= 0.3 is 0 Å². The molecule has 0 saturated carbocycles. The van der Waals surface area contributed by atoms with Crippen molar-refractivity contribution in [2.24, 2.45) is 0 Å². The normalized spacial score (nSPS) is 13.2. The maximum Gasteiger partial charge on any atom is 0.253 e. The molecule has 0 aromatic heterocycles. The number of rotatable bonds is 2. The zero-order valence-corrected chi connectivity index (χ0v) is 9.69. The van der Waals surface area contributed by atoms with Crippen LogP contribution in [0.5, 0.6) is 0 Å². The van der Waals surface area contributed by atoms with Gasteiger partial charge in [0.15, 0.2) is 0 Å². The summed E-state index contributed by atoms with van der Waals surface area (Å²) in [5.41, 5.74) is 1.81. The fraction of sp³-hybridized carbons (Fsp3) is 0.333. The summed E-state index contributed by atoms with van der Waals surface area (Å²) >= 11 is 0. The molecule has 0 aromatic carbocycles.